The molecular weight excluding hydrogens is 196 g/mol. The summed E-state index contributed by atoms with van der Waals surface area (Å²) >= 11 is 0. The second-order valence-electron chi connectivity index (χ2n) is 5.38. The Morgan fingerprint density at radius 3 is 1.88 bits per heavy atom. The van der Waals surface area contributed by atoms with Crippen LogP contribution in [0.1, 0.15) is 78.1 Å². The maximum absolute atomic E-state index is 5.90. The smallest absolute Gasteiger partial charge is 0.0600 e. The lowest BCUT2D eigenvalue weighted by molar-refractivity contribution is 0.0143. The highest BCUT2D eigenvalue weighted by atomic mass is 16.5. The molecule has 0 radical (unpaired) electrons. The molecule has 0 aromatic heterocycles. The fourth-order valence-corrected chi connectivity index (χ4v) is 2.80. The summed E-state index contributed by atoms with van der Waals surface area (Å²) in [4.78, 5) is 0. The predicted octanol–water partition coefficient (Wildman–Crippen LogP) is 4.94. The van der Waals surface area contributed by atoms with Crippen molar-refractivity contribution < 1.29 is 4.74 Å². The van der Waals surface area contributed by atoms with Gasteiger partial charge in [-0.15, -0.1) is 0 Å². The summed E-state index contributed by atoms with van der Waals surface area (Å²) in [6, 6.07) is 0. The van der Waals surface area contributed by atoms with Crippen LogP contribution in [0.3, 0.4) is 0 Å². The molecule has 96 valence electrons. The molecule has 0 aromatic carbocycles. The SMILES string of the molecule is CCO[C@@H]1CCCCCCCCCC[C@H]1C. The zero-order valence-corrected chi connectivity index (χ0v) is 11.3. The first-order valence-corrected chi connectivity index (χ1v) is 7.46. The molecule has 1 nitrogen and oxygen atoms in total. The highest BCUT2D eigenvalue weighted by Crippen LogP contribution is 2.23. The first-order valence-electron chi connectivity index (χ1n) is 7.46. The van der Waals surface area contributed by atoms with Crippen LogP contribution in [-0.2, 0) is 4.74 Å². The number of ether oxygens (including phenoxy) is 1. The molecule has 0 aromatic rings. The number of hydrogen-bond donors (Lipinski definition) is 0. The minimum Gasteiger partial charge on any atom is -0.378 e. The molecule has 0 amide bonds. The van der Waals surface area contributed by atoms with Crippen LogP contribution >= 0.6 is 0 Å². The lowest BCUT2D eigenvalue weighted by Gasteiger charge is -2.24. The predicted molar refractivity (Wildman–Crippen MR) is 70.7 cm³/mol. The second kappa shape index (κ2) is 9.04. The zero-order chi connectivity index (χ0) is 11.6. The summed E-state index contributed by atoms with van der Waals surface area (Å²) in [5.74, 6) is 0.763. The van der Waals surface area contributed by atoms with Crippen LogP contribution in [0, 0.1) is 5.92 Å². The third-order valence-electron chi connectivity index (χ3n) is 3.91. The Hall–Kier alpha value is -0.0400. The van der Waals surface area contributed by atoms with Gasteiger partial charge in [-0.1, -0.05) is 58.3 Å². The van der Waals surface area contributed by atoms with E-state index in [2.05, 4.69) is 13.8 Å². The normalized spacial score (nSPS) is 30.4. The molecule has 0 spiro atoms. The quantitative estimate of drug-likeness (QED) is 0.648. The Balaban J connectivity index is 2.33. The monoisotopic (exact) mass is 226 g/mol. The molecular formula is C15H30O. The van der Waals surface area contributed by atoms with Gasteiger partial charge >= 0.3 is 0 Å². The van der Waals surface area contributed by atoms with Gasteiger partial charge in [-0.05, 0) is 25.7 Å². The van der Waals surface area contributed by atoms with E-state index in [9.17, 15) is 0 Å². The standard InChI is InChI=1S/C15H30O/c1-3-16-15-13-11-9-7-5-4-6-8-10-12-14(15)2/h14-15H,3-13H2,1-2H3/t14-,15-/m1/s1. The molecule has 0 bridgehead atoms. The summed E-state index contributed by atoms with van der Waals surface area (Å²) < 4.78 is 5.90. The lowest BCUT2D eigenvalue weighted by atomic mass is 9.92. The van der Waals surface area contributed by atoms with E-state index < -0.39 is 0 Å². The van der Waals surface area contributed by atoms with Gasteiger partial charge in [-0.25, -0.2) is 0 Å². The molecule has 1 aliphatic carbocycles. The van der Waals surface area contributed by atoms with E-state index in [4.69, 9.17) is 4.74 Å². The molecule has 1 aliphatic rings. The molecule has 1 rings (SSSR count). The topological polar surface area (TPSA) is 9.23 Å². The first-order chi connectivity index (χ1) is 7.84. The Morgan fingerprint density at radius 2 is 1.31 bits per heavy atom. The molecule has 16 heavy (non-hydrogen) atoms. The Kier molecular flexibility index (Phi) is 7.92. The van der Waals surface area contributed by atoms with E-state index in [0.717, 1.165) is 12.5 Å². The van der Waals surface area contributed by atoms with Crippen LogP contribution in [0.4, 0.5) is 0 Å². The van der Waals surface area contributed by atoms with Crippen molar-refractivity contribution in [1.82, 2.24) is 0 Å². The summed E-state index contributed by atoms with van der Waals surface area (Å²) in [6.45, 7) is 5.39. The average Bonchev–Trinajstić information content (AvgIpc) is 2.28. The van der Waals surface area contributed by atoms with Crippen molar-refractivity contribution in [1.29, 1.82) is 0 Å². The molecule has 1 saturated carbocycles. The molecule has 1 fully saturated rings. The van der Waals surface area contributed by atoms with Crippen LogP contribution in [-0.4, -0.2) is 12.7 Å². The van der Waals surface area contributed by atoms with E-state index in [1.165, 1.54) is 64.2 Å². The molecule has 1 heteroatoms. The molecule has 0 aliphatic heterocycles. The molecule has 0 heterocycles. The maximum Gasteiger partial charge on any atom is 0.0600 e. The Morgan fingerprint density at radius 1 is 0.812 bits per heavy atom. The van der Waals surface area contributed by atoms with Crippen molar-refractivity contribution in [3.63, 3.8) is 0 Å². The van der Waals surface area contributed by atoms with E-state index in [1.807, 2.05) is 0 Å². The van der Waals surface area contributed by atoms with Gasteiger partial charge in [0.25, 0.3) is 0 Å². The van der Waals surface area contributed by atoms with Gasteiger partial charge in [0, 0.05) is 6.61 Å². The first kappa shape index (κ1) is 14.0. The van der Waals surface area contributed by atoms with Crippen LogP contribution in [0.25, 0.3) is 0 Å². The highest BCUT2D eigenvalue weighted by molar-refractivity contribution is 4.68. The average molecular weight is 226 g/mol. The third-order valence-corrected chi connectivity index (χ3v) is 3.91. The lowest BCUT2D eigenvalue weighted by Crippen LogP contribution is -2.22. The van der Waals surface area contributed by atoms with Crippen molar-refractivity contribution in [2.45, 2.75) is 84.2 Å². The van der Waals surface area contributed by atoms with E-state index >= 15 is 0 Å². The fourth-order valence-electron chi connectivity index (χ4n) is 2.80. The van der Waals surface area contributed by atoms with Crippen molar-refractivity contribution >= 4 is 0 Å². The van der Waals surface area contributed by atoms with Crippen molar-refractivity contribution in [2.75, 3.05) is 6.61 Å². The van der Waals surface area contributed by atoms with Crippen molar-refractivity contribution in [2.24, 2.45) is 5.92 Å². The van der Waals surface area contributed by atoms with Gasteiger partial charge in [0.15, 0.2) is 0 Å². The van der Waals surface area contributed by atoms with Gasteiger partial charge < -0.3 is 4.74 Å². The highest BCUT2D eigenvalue weighted by Gasteiger charge is 2.17. The molecule has 0 unspecified atom stereocenters. The van der Waals surface area contributed by atoms with Crippen LogP contribution in [0.5, 0.6) is 0 Å². The molecule has 2 atom stereocenters. The van der Waals surface area contributed by atoms with Gasteiger partial charge in [-0.3, -0.25) is 0 Å². The number of rotatable bonds is 2. The Labute approximate surface area is 102 Å². The summed E-state index contributed by atoms with van der Waals surface area (Å²) in [6.07, 6.45) is 14.6. The second-order valence-corrected chi connectivity index (χ2v) is 5.38. The largest absolute Gasteiger partial charge is 0.378 e. The maximum atomic E-state index is 5.90. The number of hydrogen-bond acceptors (Lipinski definition) is 1. The van der Waals surface area contributed by atoms with Gasteiger partial charge in [0.05, 0.1) is 6.10 Å². The summed E-state index contributed by atoms with van der Waals surface area (Å²) in [7, 11) is 0. The summed E-state index contributed by atoms with van der Waals surface area (Å²) in [5, 5.41) is 0. The van der Waals surface area contributed by atoms with Crippen molar-refractivity contribution in [3.8, 4) is 0 Å². The van der Waals surface area contributed by atoms with Crippen LogP contribution in [0.2, 0.25) is 0 Å². The van der Waals surface area contributed by atoms with Gasteiger partial charge in [0.2, 0.25) is 0 Å². The summed E-state index contributed by atoms with van der Waals surface area (Å²) in [5.41, 5.74) is 0. The minimum absolute atomic E-state index is 0.532. The van der Waals surface area contributed by atoms with E-state index in [-0.39, 0.29) is 0 Å². The third kappa shape index (κ3) is 5.89. The van der Waals surface area contributed by atoms with Crippen LogP contribution in [0.15, 0.2) is 0 Å². The zero-order valence-electron chi connectivity index (χ0n) is 11.3. The minimum atomic E-state index is 0.532. The molecule has 0 saturated heterocycles. The van der Waals surface area contributed by atoms with Crippen LogP contribution < -0.4 is 0 Å². The molecule has 0 N–H and O–H groups in total. The van der Waals surface area contributed by atoms with E-state index in [0.29, 0.717) is 6.10 Å². The fraction of sp³-hybridized carbons (Fsp3) is 1.00. The van der Waals surface area contributed by atoms with Crippen molar-refractivity contribution in [3.05, 3.63) is 0 Å². The van der Waals surface area contributed by atoms with Gasteiger partial charge in [0.1, 0.15) is 0 Å². The van der Waals surface area contributed by atoms with Gasteiger partial charge in [-0.2, -0.15) is 0 Å². The van der Waals surface area contributed by atoms with E-state index in [1.54, 1.807) is 0 Å². The Bertz CT molecular complexity index is 156.